The highest BCUT2D eigenvalue weighted by Gasteiger charge is 2.46. The molecule has 1 unspecified atom stereocenters. The quantitative estimate of drug-likeness (QED) is 0.187. The monoisotopic (exact) mass is 538 g/mol. The minimum Gasteiger partial charge on any atom is -0.507 e. The maximum absolute atomic E-state index is 13.5. The molecule has 2 aromatic carbocycles. The second-order valence-electron chi connectivity index (χ2n) is 9.52. The van der Waals surface area contributed by atoms with E-state index < -0.39 is 17.7 Å². The van der Waals surface area contributed by atoms with E-state index in [1.807, 2.05) is 19.1 Å². The molecule has 1 N–H and O–H groups in total. The summed E-state index contributed by atoms with van der Waals surface area (Å²) in [6, 6.07) is 11.5. The Bertz CT molecular complexity index is 1190. The summed E-state index contributed by atoms with van der Waals surface area (Å²) in [6.07, 6.45) is 1.91. The van der Waals surface area contributed by atoms with E-state index in [9.17, 15) is 14.7 Å². The van der Waals surface area contributed by atoms with Crippen LogP contribution in [0, 0.1) is 0 Å². The lowest BCUT2D eigenvalue weighted by Crippen LogP contribution is -2.42. The molecule has 2 aliphatic rings. The van der Waals surface area contributed by atoms with Crippen LogP contribution in [0.15, 0.2) is 48.0 Å². The van der Waals surface area contributed by atoms with Gasteiger partial charge in [0.05, 0.1) is 45.2 Å². The van der Waals surface area contributed by atoms with Gasteiger partial charge in [-0.25, -0.2) is 0 Å². The lowest BCUT2D eigenvalue weighted by Gasteiger charge is -2.31. The molecular weight excluding hydrogens is 500 g/mol. The number of ether oxygens (including phenoxy) is 4. The number of ketones is 1. The third kappa shape index (κ3) is 6.54. The molecule has 0 aliphatic carbocycles. The van der Waals surface area contributed by atoms with Gasteiger partial charge in [-0.3, -0.25) is 14.5 Å². The number of morpholine rings is 1. The molecule has 210 valence electrons. The predicted octanol–water partition coefficient (Wildman–Crippen LogP) is 4.03. The first-order valence-corrected chi connectivity index (χ1v) is 13.6. The van der Waals surface area contributed by atoms with Gasteiger partial charge in [-0.05, 0) is 43.2 Å². The summed E-state index contributed by atoms with van der Waals surface area (Å²) >= 11 is 0. The van der Waals surface area contributed by atoms with Gasteiger partial charge in [0.2, 0.25) is 0 Å². The number of rotatable bonds is 12. The maximum atomic E-state index is 13.5. The zero-order valence-electron chi connectivity index (χ0n) is 23.0. The zero-order chi connectivity index (χ0) is 27.8. The Kier molecular flexibility index (Phi) is 9.84. The predicted molar refractivity (Wildman–Crippen MR) is 147 cm³/mol. The lowest BCUT2D eigenvalue weighted by atomic mass is 9.95. The number of nitrogens with zero attached hydrogens (tertiary/aromatic N) is 2. The van der Waals surface area contributed by atoms with Crippen molar-refractivity contribution < 1.29 is 33.6 Å². The summed E-state index contributed by atoms with van der Waals surface area (Å²) in [7, 11) is 1.54. The van der Waals surface area contributed by atoms with Crippen molar-refractivity contribution in [3.63, 3.8) is 0 Å². The first-order chi connectivity index (χ1) is 19.0. The van der Waals surface area contributed by atoms with Crippen LogP contribution in [0.3, 0.4) is 0 Å². The zero-order valence-corrected chi connectivity index (χ0v) is 23.0. The van der Waals surface area contributed by atoms with E-state index in [4.69, 9.17) is 18.9 Å². The van der Waals surface area contributed by atoms with E-state index in [2.05, 4.69) is 11.8 Å². The number of methoxy groups -OCH3 is 1. The van der Waals surface area contributed by atoms with Crippen LogP contribution in [0.25, 0.3) is 5.76 Å². The van der Waals surface area contributed by atoms with Gasteiger partial charge in [-0.2, -0.15) is 0 Å². The molecule has 0 spiro atoms. The summed E-state index contributed by atoms with van der Waals surface area (Å²) in [5.74, 6) is 0.0439. The Labute approximate surface area is 229 Å². The van der Waals surface area contributed by atoms with Crippen molar-refractivity contribution in [1.29, 1.82) is 0 Å². The van der Waals surface area contributed by atoms with Crippen molar-refractivity contribution in [2.45, 2.75) is 32.7 Å². The summed E-state index contributed by atoms with van der Waals surface area (Å²) in [4.78, 5) is 30.6. The molecule has 2 aliphatic heterocycles. The Morgan fingerprint density at radius 2 is 1.82 bits per heavy atom. The molecule has 1 amide bonds. The second kappa shape index (κ2) is 13.5. The van der Waals surface area contributed by atoms with Crippen LogP contribution in [0.1, 0.15) is 43.9 Å². The Balaban J connectivity index is 1.74. The Morgan fingerprint density at radius 3 is 2.54 bits per heavy atom. The fraction of sp³-hybridized carbons (Fsp3) is 0.467. The summed E-state index contributed by atoms with van der Waals surface area (Å²) in [5.41, 5.74) is 1.10. The first kappa shape index (κ1) is 28.4. The number of hydrogen-bond donors (Lipinski definition) is 1. The Hall–Kier alpha value is -3.56. The highest BCUT2D eigenvalue weighted by atomic mass is 16.5. The van der Waals surface area contributed by atoms with Gasteiger partial charge in [0.15, 0.2) is 11.5 Å². The van der Waals surface area contributed by atoms with Crippen molar-refractivity contribution >= 4 is 17.4 Å². The van der Waals surface area contributed by atoms with Crippen LogP contribution in [-0.2, 0) is 14.3 Å². The fourth-order valence-electron chi connectivity index (χ4n) is 4.88. The van der Waals surface area contributed by atoms with Crippen molar-refractivity contribution in [1.82, 2.24) is 9.80 Å². The van der Waals surface area contributed by atoms with Gasteiger partial charge in [0.1, 0.15) is 11.5 Å². The average molecular weight is 539 g/mol. The van der Waals surface area contributed by atoms with E-state index in [-0.39, 0.29) is 11.3 Å². The number of amides is 1. The Morgan fingerprint density at radius 1 is 1.03 bits per heavy atom. The largest absolute Gasteiger partial charge is 0.507 e. The normalized spacial score (nSPS) is 19.4. The molecule has 0 aromatic heterocycles. The van der Waals surface area contributed by atoms with Crippen LogP contribution in [0.4, 0.5) is 0 Å². The van der Waals surface area contributed by atoms with Gasteiger partial charge in [-0.1, -0.05) is 31.5 Å². The third-order valence-electron chi connectivity index (χ3n) is 6.98. The number of likely N-dealkylation sites (tertiary alicyclic amines) is 1. The highest BCUT2D eigenvalue weighted by Crippen LogP contribution is 2.42. The highest BCUT2D eigenvalue weighted by molar-refractivity contribution is 6.46. The SMILES string of the molecule is CCCCOc1cccc(/C(O)=C2\C(=O)C(=O)N(CCN3CCOCC3)C2c2ccc(OCC)c(OC)c2)c1. The van der Waals surface area contributed by atoms with Crippen LogP contribution in [-0.4, -0.2) is 86.3 Å². The maximum Gasteiger partial charge on any atom is 0.295 e. The minimum atomic E-state index is -0.791. The second-order valence-corrected chi connectivity index (χ2v) is 9.52. The van der Waals surface area contributed by atoms with Crippen molar-refractivity contribution in [3.05, 3.63) is 59.2 Å². The number of aliphatic hydroxyl groups excluding tert-OH is 1. The number of carbonyl (C=O) groups excluding carboxylic acids is 2. The molecule has 2 saturated heterocycles. The standard InChI is InChI=1S/C30H38N2O7/c1-4-6-16-39-23-9-7-8-22(19-23)28(33)26-27(21-10-11-24(38-5-2)25(20-21)36-3)32(30(35)29(26)34)13-12-31-14-17-37-18-15-31/h7-11,19-20,27,33H,4-6,12-18H2,1-3H3/b28-26+. The molecule has 2 aromatic rings. The molecular formula is C30H38N2O7. The summed E-state index contributed by atoms with van der Waals surface area (Å²) < 4.78 is 22.5. The van der Waals surface area contributed by atoms with Crippen LogP contribution in [0.2, 0.25) is 0 Å². The summed E-state index contributed by atoms with van der Waals surface area (Å²) in [5, 5.41) is 11.5. The molecule has 0 saturated carbocycles. The average Bonchev–Trinajstić information content (AvgIpc) is 3.22. The molecule has 39 heavy (non-hydrogen) atoms. The fourth-order valence-corrected chi connectivity index (χ4v) is 4.88. The number of Topliss-reactive ketones (excluding diaryl/α,β-unsaturated/α-hetero) is 1. The molecule has 1 atom stereocenters. The van der Waals surface area contributed by atoms with Gasteiger partial charge in [0, 0.05) is 31.7 Å². The number of carbonyl (C=O) groups is 2. The lowest BCUT2D eigenvalue weighted by molar-refractivity contribution is -0.140. The van der Waals surface area contributed by atoms with Crippen LogP contribution in [0.5, 0.6) is 17.2 Å². The van der Waals surface area contributed by atoms with Crippen molar-refractivity contribution in [3.8, 4) is 17.2 Å². The van der Waals surface area contributed by atoms with E-state index >= 15 is 0 Å². The number of benzene rings is 2. The molecule has 0 radical (unpaired) electrons. The van der Waals surface area contributed by atoms with Crippen LogP contribution >= 0.6 is 0 Å². The minimum absolute atomic E-state index is 0.0406. The van der Waals surface area contributed by atoms with Gasteiger partial charge >= 0.3 is 0 Å². The molecule has 9 heteroatoms. The third-order valence-corrected chi connectivity index (χ3v) is 6.98. The topological polar surface area (TPSA) is 97.8 Å². The summed E-state index contributed by atoms with van der Waals surface area (Å²) in [6.45, 7) is 8.68. The number of unbranched alkanes of at least 4 members (excludes halogenated alkanes) is 1. The molecule has 2 heterocycles. The molecule has 4 rings (SSSR count). The van der Waals surface area contributed by atoms with Gasteiger partial charge in [-0.15, -0.1) is 0 Å². The van der Waals surface area contributed by atoms with E-state index in [1.165, 1.54) is 0 Å². The van der Waals surface area contributed by atoms with E-state index in [0.717, 1.165) is 25.9 Å². The smallest absolute Gasteiger partial charge is 0.295 e. The molecule has 0 bridgehead atoms. The van der Waals surface area contributed by atoms with Crippen molar-refractivity contribution in [2.24, 2.45) is 0 Å². The molecule has 9 nitrogen and oxygen atoms in total. The van der Waals surface area contributed by atoms with Gasteiger partial charge < -0.3 is 29.0 Å². The number of aliphatic hydroxyl groups is 1. The number of hydrogen-bond acceptors (Lipinski definition) is 8. The molecule has 2 fully saturated rings. The van der Waals surface area contributed by atoms with E-state index in [0.29, 0.717) is 67.9 Å². The van der Waals surface area contributed by atoms with Crippen molar-refractivity contribution in [2.75, 3.05) is 59.7 Å². The first-order valence-electron chi connectivity index (χ1n) is 13.6. The van der Waals surface area contributed by atoms with Gasteiger partial charge in [0.25, 0.3) is 11.7 Å². The van der Waals surface area contributed by atoms with Crippen LogP contribution < -0.4 is 14.2 Å². The van der Waals surface area contributed by atoms with E-state index in [1.54, 1.807) is 42.3 Å².